The molecule has 0 saturated carbocycles. The second-order valence-electron chi connectivity index (χ2n) is 7.36. The molecular weight excluding hydrogens is 551 g/mol. The van der Waals surface area contributed by atoms with Gasteiger partial charge >= 0.3 is 5.97 Å². The summed E-state index contributed by atoms with van der Waals surface area (Å²) >= 11 is 3.56. The van der Waals surface area contributed by atoms with E-state index in [4.69, 9.17) is 9.47 Å². The lowest BCUT2D eigenvalue weighted by Crippen LogP contribution is -2.39. The third-order valence-electron chi connectivity index (χ3n) is 5.19. The maximum Gasteiger partial charge on any atom is 0.338 e. The van der Waals surface area contributed by atoms with Crippen LogP contribution in [-0.2, 0) is 9.53 Å². The van der Waals surface area contributed by atoms with Gasteiger partial charge in [0, 0.05) is 3.57 Å². The molecule has 4 rings (SSSR count). The van der Waals surface area contributed by atoms with E-state index in [1.807, 2.05) is 61.5 Å². The van der Waals surface area contributed by atoms with Gasteiger partial charge in [0.05, 0.1) is 35.1 Å². The van der Waals surface area contributed by atoms with Gasteiger partial charge < -0.3 is 9.47 Å². The SMILES string of the molecule is CCOC(=O)C1=C(C)N=c2s/c(=C\c3ccc(I)cc3)c(=O)n2[C@H]1c1ccc(OCC)cc1. The molecule has 1 aliphatic heterocycles. The normalized spacial score (nSPS) is 15.8. The molecule has 0 amide bonds. The number of fused-ring (bicyclic) bond motifs is 1. The van der Waals surface area contributed by atoms with E-state index >= 15 is 0 Å². The third kappa shape index (κ3) is 4.81. The lowest BCUT2D eigenvalue weighted by Gasteiger charge is -2.24. The Morgan fingerprint density at radius 3 is 2.45 bits per heavy atom. The predicted molar refractivity (Wildman–Crippen MR) is 137 cm³/mol. The third-order valence-corrected chi connectivity index (χ3v) is 6.89. The highest BCUT2D eigenvalue weighted by atomic mass is 127. The zero-order chi connectivity index (χ0) is 23.5. The molecule has 8 heteroatoms. The second-order valence-corrected chi connectivity index (χ2v) is 9.61. The largest absolute Gasteiger partial charge is 0.494 e. The average molecular weight is 574 g/mol. The Kier molecular flexibility index (Phi) is 7.14. The van der Waals surface area contributed by atoms with Gasteiger partial charge in [0.15, 0.2) is 4.80 Å². The molecule has 3 aromatic rings. The quantitative estimate of drug-likeness (QED) is 0.332. The van der Waals surface area contributed by atoms with Gasteiger partial charge in [-0.3, -0.25) is 9.36 Å². The Morgan fingerprint density at radius 1 is 1.12 bits per heavy atom. The van der Waals surface area contributed by atoms with Crippen LogP contribution in [0.3, 0.4) is 0 Å². The van der Waals surface area contributed by atoms with Crippen molar-refractivity contribution in [3.05, 3.63) is 94.2 Å². The maximum absolute atomic E-state index is 13.6. The first-order chi connectivity index (χ1) is 15.9. The molecule has 0 fully saturated rings. The molecule has 1 aliphatic rings. The average Bonchev–Trinajstić information content (AvgIpc) is 3.10. The minimum atomic E-state index is -0.630. The summed E-state index contributed by atoms with van der Waals surface area (Å²) in [7, 11) is 0. The summed E-state index contributed by atoms with van der Waals surface area (Å²) in [5.74, 6) is 0.260. The first kappa shape index (κ1) is 23.4. The minimum Gasteiger partial charge on any atom is -0.494 e. The van der Waals surface area contributed by atoms with E-state index in [1.165, 1.54) is 11.3 Å². The van der Waals surface area contributed by atoms with Crippen LogP contribution in [0.2, 0.25) is 0 Å². The van der Waals surface area contributed by atoms with Crippen LogP contribution >= 0.6 is 33.9 Å². The molecule has 33 heavy (non-hydrogen) atoms. The lowest BCUT2D eigenvalue weighted by atomic mass is 9.96. The minimum absolute atomic E-state index is 0.189. The summed E-state index contributed by atoms with van der Waals surface area (Å²) in [4.78, 5) is 31.6. The molecule has 0 aliphatic carbocycles. The number of aromatic nitrogens is 1. The van der Waals surface area contributed by atoms with Crippen molar-refractivity contribution >= 4 is 46.0 Å². The monoisotopic (exact) mass is 574 g/mol. The summed E-state index contributed by atoms with van der Waals surface area (Å²) in [6.45, 7) is 6.26. The molecule has 0 radical (unpaired) electrons. The number of ether oxygens (including phenoxy) is 2. The van der Waals surface area contributed by atoms with E-state index in [-0.39, 0.29) is 12.2 Å². The number of esters is 1. The van der Waals surface area contributed by atoms with Crippen LogP contribution in [0.5, 0.6) is 5.75 Å². The standard InChI is InChI=1S/C25H23IN2O4S/c1-4-31-19-12-8-17(9-13-19)22-21(24(30)32-5-2)15(3)27-25-28(22)23(29)20(33-25)14-16-6-10-18(26)11-7-16/h6-14,22H,4-5H2,1-3H3/b20-14-/t22-/m0/s1. The van der Waals surface area contributed by atoms with Crippen LogP contribution < -0.4 is 19.6 Å². The van der Waals surface area contributed by atoms with E-state index in [2.05, 4.69) is 27.6 Å². The molecular formula is C25H23IN2O4S. The van der Waals surface area contributed by atoms with Gasteiger partial charge in [-0.25, -0.2) is 9.79 Å². The number of carbonyl (C=O) groups excluding carboxylic acids is 1. The van der Waals surface area contributed by atoms with Crippen LogP contribution in [-0.4, -0.2) is 23.8 Å². The van der Waals surface area contributed by atoms with Crippen molar-refractivity contribution in [1.29, 1.82) is 0 Å². The van der Waals surface area contributed by atoms with Crippen molar-refractivity contribution in [3.8, 4) is 5.75 Å². The number of rotatable bonds is 6. The smallest absolute Gasteiger partial charge is 0.338 e. The maximum atomic E-state index is 13.6. The highest BCUT2D eigenvalue weighted by Gasteiger charge is 2.33. The Balaban J connectivity index is 1.90. The summed E-state index contributed by atoms with van der Waals surface area (Å²) in [5, 5.41) is 0. The summed E-state index contributed by atoms with van der Waals surface area (Å²) in [6, 6.07) is 14.8. The number of hydrogen-bond acceptors (Lipinski definition) is 6. The summed E-state index contributed by atoms with van der Waals surface area (Å²) < 4.78 is 14.2. The van der Waals surface area contributed by atoms with E-state index in [1.54, 1.807) is 18.4 Å². The number of carbonyl (C=O) groups is 1. The summed E-state index contributed by atoms with van der Waals surface area (Å²) in [6.07, 6.45) is 1.86. The molecule has 0 spiro atoms. The van der Waals surface area contributed by atoms with E-state index in [0.717, 1.165) is 20.4 Å². The zero-order valence-electron chi connectivity index (χ0n) is 18.5. The Hall–Kier alpha value is -2.72. The fourth-order valence-corrected chi connectivity index (χ4v) is 5.14. The number of allylic oxidation sites excluding steroid dienone is 1. The molecule has 2 aromatic carbocycles. The molecule has 1 aromatic heterocycles. The van der Waals surface area contributed by atoms with Gasteiger partial charge in [-0.05, 0) is 84.8 Å². The van der Waals surface area contributed by atoms with Crippen LogP contribution in [0.1, 0.15) is 37.9 Å². The van der Waals surface area contributed by atoms with Gasteiger partial charge in [0.25, 0.3) is 5.56 Å². The fraction of sp³-hybridized carbons (Fsp3) is 0.240. The highest BCUT2D eigenvalue weighted by molar-refractivity contribution is 14.1. The predicted octanol–water partition coefficient (Wildman–Crippen LogP) is 3.80. The lowest BCUT2D eigenvalue weighted by molar-refractivity contribution is -0.139. The Labute approximate surface area is 209 Å². The van der Waals surface area contributed by atoms with Crippen molar-refractivity contribution in [2.75, 3.05) is 13.2 Å². The molecule has 0 N–H and O–H groups in total. The topological polar surface area (TPSA) is 69.9 Å². The van der Waals surface area contributed by atoms with Gasteiger partial charge in [0.2, 0.25) is 0 Å². The van der Waals surface area contributed by atoms with Crippen molar-refractivity contribution in [1.82, 2.24) is 4.57 Å². The van der Waals surface area contributed by atoms with Crippen LogP contribution in [0, 0.1) is 3.57 Å². The molecule has 170 valence electrons. The molecule has 0 saturated heterocycles. The van der Waals surface area contributed by atoms with Crippen molar-refractivity contribution in [2.24, 2.45) is 4.99 Å². The molecule has 0 bridgehead atoms. The van der Waals surface area contributed by atoms with Crippen LogP contribution in [0.15, 0.2) is 69.6 Å². The zero-order valence-corrected chi connectivity index (χ0v) is 21.5. The first-order valence-electron chi connectivity index (χ1n) is 10.6. The fourth-order valence-electron chi connectivity index (χ4n) is 3.73. The number of hydrogen-bond donors (Lipinski definition) is 0. The van der Waals surface area contributed by atoms with Crippen molar-refractivity contribution in [3.63, 3.8) is 0 Å². The highest BCUT2D eigenvalue weighted by Crippen LogP contribution is 2.31. The van der Waals surface area contributed by atoms with Crippen molar-refractivity contribution in [2.45, 2.75) is 26.8 Å². The summed E-state index contributed by atoms with van der Waals surface area (Å²) in [5.41, 5.74) is 2.45. The van der Waals surface area contributed by atoms with E-state index in [9.17, 15) is 9.59 Å². The van der Waals surface area contributed by atoms with Gasteiger partial charge in [-0.1, -0.05) is 35.6 Å². The van der Waals surface area contributed by atoms with E-state index in [0.29, 0.717) is 27.2 Å². The van der Waals surface area contributed by atoms with Gasteiger partial charge in [-0.15, -0.1) is 0 Å². The van der Waals surface area contributed by atoms with E-state index < -0.39 is 12.0 Å². The molecule has 0 unspecified atom stereocenters. The molecule has 6 nitrogen and oxygen atoms in total. The molecule has 1 atom stereocenters. The number of thiazole rings is 1. The Morgan fingerprint density at radius 2 is 1.82 bits per heavy atom. The van der Waals surface area contributed by atoms with Gasteiger partial charge in [-0.2, -0.15) is 0 Å². The van der Waals surface area contributed by atoms with Crippen molar-refractivity contribution < 1.29 is 14.3 Å². The van der Waals surface area contributed by atoms with Gasteiger partial charge in [0.1, 0.15) is 5.75 Å². The van der Waals surface area contributed by atoms with Crippen LogP contribution in [0.25, 0.3) is 6.08 Å². The van der Waals surface area contributed by atoms with Crippen LogP contribution in [0.4, 0.5) is 0 Å². The number of benzene rings is 2. The Bertz CT molecular complexity index is 1390. The number of halogens is 1. The number of nitrogens with zero attached hydrogens (tertiary/aromatic N) is 2. The second kappa shape index (κ2) is 10.0. The molecule has 2 heterocycles. The first-order valence-corrected chi connectivity index (χ1v) is 12.5.